The molecule has 0 aromatic heterocycles. The Bertz CT molecular complexity index is 407. The summed E-state index contributed by atoms with van der Waals surface area (Å²) in [5.41, 5.74) is 10.4. The highest BCUT2D eigenvalue weighted by Crippen LogP contribution is 2.38. The molecule has 1 nitrogen and oxygen atoms in total. The Kier molecular flexibility index (Phi) is 2.08. The molecule has 2 aliphatic carbocycles. The molecule has 0 spiro atoms. The van der Waals surface area contributed by atoms with E-state index in [0.717, 1.165) is 17.9 Å². The number of rotatable bonds is 2. The van der Waals surface area contributed by atoms with Crippen molar-refractivity contribution in [2.45, 2.75) is 44.1 Å². The fraction of sp³-hybridized carbons (Fsp3) is 0.538. The quantitative estimate of drug-likeness (QED) is 0.817. The molecule has 1 aromatic rings. The molecule has 2 aliphatic rings. The molecule has 0 atom stereocenters. The van der Waals surface area contributed by atoms with Crippen LogP contribution < -0.4 is 5.73 Å². The van der Waals surface area contributed by atoms with Gasteiger partial charge in [-0.1, -0.05) is 17.7 Å². The second kappa shape index (κ2) is 3.23. The minimum absolute atomic E-state index is 0.0934. The van der Waals surface area contributed by atoms with Crippen molar-refractivity contribution in [3.63, 3.8) is 0 Å². The van der Waals surface area contributed by atoms with E-state index in [-0.39, 0.29) is 5.54 Å². The fourth-order valence-corrected chi connectivity index (χ4v) is 2.92. The van der Waals surface area contributed by atoms with Crippen LogP contribution in [-0.2, 0) is 19.3 Å². The van der Waals surface area contributed by atoms with Gasteiger partial charge in [-0.15, -0.1) is 0 Å². The smallest absolute Gasteiger partial charge is 0.0443 e. The van der Waals surface area contributed by atoms with Gasteiger partial charge in [-0.25, -0.2) is 0 Å². The summed E-state index contributed by atoms with van der Waals surface area (Å²) in [6.45, 7) is 0. The first-order valence-corrected chi connectivity index (χ1v) is 6.13. The molecule has 0 heterocycles. The van der Waals surface area contributed by atoms with Gasteiger partial charge in [0.25, 0.3) is 0 Å². The third kappa shape index (κ3) is 1.79. The van der Waals surface area contributed by atoms with Crippen molar-refractivity contribution in [1.82, 2.24) is 0 Å². The average molecular weight is 222 g/mol. The number of aryl methyl sites for hydroxylation is 1. The predicted molar refractivity (Wildman–Crippen MR) is 63.3 cm³/mol. The molecule has 3 rings (SSSR count). The zero-order chi connectivity index (χ0) is 10.5. The first-order chi connectivity index (χ1) is 7.16. The molecule has 1 fully saturated rings. The SMILES string of the molecule is NC1(Cc2cc(Cl)c3c(c2)CCC3)CC1. The van der Waals surface area contributed by atoms with E-state index in [4.69, 9.17) is 17.3 Å². The average Bonchev–Trinajstić information content (AvgIpc) is 2.73. The standard InChI is InChI=1S/C13H16ClN/c14-12-7-9(8-13(15)4-5-13)6-10-2-1-3-11(10)12/h6-7H,1-5,8,15H2. The van der Waals surface area contributed by atoms with Crippen LogP contribution in [0, 0.1) is 0 Å². The number of fused-ring (bicyclic) bond motifs is 1. The van der Waals surface area contributed by atoms with Crippen molar-refractivity contribution in [3.8, 4) is 0 Å². The van der Waals surface area contributed by atoms with Gasteiger partial charge >= 0.3 is 0 Å². The van der Waals surface area contributed by atoms with Gasteiger partial charge in [0.2, 0.25) is 0 Å². The molecule has 0 aliphatic heterocycles. The Morgan fingerprint density at radius 3 is 2.80 bits per heavy atom. The van der Waals surface area contributed by atoms with E-state index in [9.17, 15) is 0 Å². The Hall–Kier alpha value is -0.530. The molecule has 0 saturated heterocycles. The summed E-state index contributed by atoms with van der Waals surface area (Å²) < 4.78 is 0. The normalized spacial score (nSPS) is 21.5. The molecule has 2 heteroatoms. The van der Waals surface area contributed by atoms with E-state index in [0.29, 0.717) is 0 Å². The van der Waals surface area contributed by atoms with Crippen LogP contribution in [0.5, 0.6) is 0 Å². The summed E-state index contributed by atoms with van der Waals surface area (Å²) in [5.74, 6) is 0. The first-order valence-electron chi connectivity index (χ1n) is 5.75. The monoisotopic (exact) mass is 221 g/mol. The predicted octanol–water partition coefficient (Wildman–Crippen LogP) is 2.86. The fourth-order valence-electron chi connectivity index (χ4n) is 2.56. The van der Waals surface area contributed by atoms with Crippen molar-refractivity contribution in [3.05, 3.63) is 33.8 Å². The summed E-state index contributed by atoms with van der Waals surface area (Å²) in [4.78, 5) is 0. The van der Waals surface area contributed by atoms with Crippen molar-refractivity contribution in [2.75, 3.05) is 0 Å². The lowest BCUT2D eigenvalue weighted by Gasteiger charge is -2.11. The zero-order valence-corrected chi connectivity index (χ0v) is 9.61. The molecule has 0 bridgehead atoms. The van der Waals surface area contributed by atoms with Gasteiger partial charge in [0.15, 0.2) is 0 Å². The van der Waals surface area contributed by atoms with Crippen molar-refractivity contribution in [1.29, 1.82) is 0 Å². The van der Waals surface area contributed by atoms with Gasteiger partial charge in [0.05, 0.1) is 0 Å². The third-order valence-corrected chi connectivity index (χ3v) is 4.01. The largest absolute Gasteiger partial charge is 0.325 e. The highest BCUT2D eigenvalue weighted by atomic mass is 35.5. The minimum Gasteiger partial charge on any atom is -0.325 e. The molecular weight excluding hydrogens is 206 g/mol. The van der Waals surface area contributed by atoms with E-state index in [2.05, 4.69) is 12.1 Å². The van der Waals surface area contributed by atoms with Crippen LogP contribution in [0.1, 0.15) is 36.0 Å². The summed E-state index contributed by atoms with van der Waals surface area (Å²) in [6, 6.07) is 4.44. The summed E-state index contributed by atoms with van der Waals surface area (Å²) >= 11 is 6.28. The number of nitrogens with two attached hydrogens (primary N) is 1. The second-order valence-corrected chi connectivity index (χ2v) is 5.52. The Balaban J connectivity index is 1.93. The summed E-state index contributed by atoms with van der Waals surface area (Å²) in [7, 11) is 0. The minimum atomic E-state index is 0.0934. The number of hydrogen-bond donors (Lipinski definition) is 1. The third-order valence-electron chi connectivity index (χ3n) is 3.67. The topological polar surface area (TPSA) is 26.0 Å². The van der Waals surface area contributed by atoms with Crippen molar-refractivity contribution >= 4 is 11.6 Å². The molecule has 0 radical (unpaired) electrons. The van der Waals surface area contributed by atoms with Crippen LogP contribution in [0.2, 0.25) is 5.02 Å². The molecule has 1 aromatic carbocycles. The van der Waals surface area contributed by atoms with E-state index in [1.807, 2.05) is 0 Å². The van der Waals surface area contributed by atoms with Gasteiger partial charge in [-0.05, 0) is 61.3 Å². The molecule has 80 valence electrons. The van der Waals surface area contributed by atoms with Gasteiger partial charge in [-0.3, -0.25) is 0 Å². The lowest BCUT2D eigenvalue weighted by atomic mass is 10.00. The van der Waals surface area contributed by atoms with Gasteiger partial charge in [-0.2, -0.15) is 0 Å². The summed E-state index contributed by atoms with van der Waals surface area (Å²) in [6.07, 6.45) is 6.94. The van der Waals surface area contributed by atoms with Crippen LogP contribution in [0.25, 0.3) is 0 Å². The van der Waals surface area contributed by atoms with E-state index < -0.39 is 0 Å². The lowest BCUT2D eigenvalue weighted by molar-refractivity contribution is 0.671. The van der Waals surface area contributed by atoms with Gasteiger partial charge < -0.3 is 5.73 Å². The Morgan fingerprint density at radius 2 is 2.07 bits per heavy atom. The second-order valence-electron chi connectivity index (χ2n) is 5.11. The van der Waals surface area contributed by atoms with E-state index >= 15 is 0 Å². The summed E-state index contributed by atoms with van der Waals surface area (Å²) in [5, 5.41) is 0.962. The lowest BCUT2D eigenvalue weighted by Crippen LogP contribution is -2.24. The van der Waals surface area contributed by atoms with Crippen LogP contribution in [-0.4, -0.2) is 5.54 Å². The highest BCUT2D eigenvalue weighted by molar-refractivity contribution is 6.31. The first kappa shape index (κ1) is 9.68. The van der Waals surface area contributed by atoms with Crippen molar-refractivity contribution in [2.24, 2.45) is 5.73 Å². The Labute approximate surface area is 95.6 Å². The highest BCUT2D eigenvalue weighted by Gasteiger charge is 2.38. The number of halogens is 1. The maximum Gasteiger partial charge on any atom is 0.0443 e. The molecular formula is C13H16ClN. The molecule has 2 N–H and O–H groups in total. The zero-order valence-electron chi connectivity index (χ0n) is 8.85. The van der Waals surface area contributed by atoms with Crippen LogP contribution in [0.3, 0.4) is 0 Å². The van der Waals surface area contributed by atoms with E-state index in [1.54, 1.807) is 0 Å². The number of benzene rings is 1. The van der Waals surface area contributed by atoms with Crippen LogP contribution in [0.4, 0.5) is 0 Å². The number of hydrogen-bond acceptors (Lipinski definition) is 1. The maximum atomic E-state index is 6.28. The van der Waals surface area contributed by atoms with Gasteiger partial charge in [0.1, 0.15) is 0 Å². The molecule has 0 unspecified atom stereocenters. The van der Waals surface area contributed by atoms with E-state index in [1.165, 1.54) is 42.4 Å². The molecule has 1 saturated carbocycles. The molecule has 0 amide bonds. The Morgan fingerprint density at radius 1 is 1.27 bits per heavy atom. The molecule has 15 heavy (non-hydrogen) atoms. The van der Waals surface area contributed by atoms with Crippen LogP contribution in [0.15, 0.2) is 12.1 Å². The maximum absolute atomic E-state index is 6.28. The van der Waals surface area contributed by atoms with Crippen LogP contribution >= 0.6 is 11.6 Å². The van der Waals surface area contributed by atoms with Gasteiger partial charge in [0, 0.05) is 10.6 Å². The van der Waals surface area contributed by atoms with Crippen molar-refractivity contribution < 1.29 is 0 Å².